The molecule has 3 heteroatoms. The molecule has 0 aromatic carbocycles. The highest BCUT2D eigenvalue weighted by Crippen LogP contribution is 1.80. The maximum absolute atomic E-state index is 8.43. The van der Waals surface area contributed by atoms with Gasteiger partial charge in [0.2, 0.25) is 0 Å². The Kier molecular flexibility index (Phi) is 5.81. The summed E-state index contributed by atoms with van der Waals surface area (Å²) in [5.41, 5.74) is 0. The fourth-order valence-corrected chi connectivity index (χ4v) is 0.676. The minimum atomic E-state index is -0.0275. The Morgan fingerprint density at radius 1 is 1.64 bits per heavy atom. The first-order valence-electron chi connectivity index (χ1n) is 4.02. The van der Waals surface area contributed by atoms with Crippen LogP contribution in [-0.4, -0.2) is 37.6 Å². The van der Waals surface area contributed by atoms with Crippen molar-refractivity contribution in [2.45, 2.75) is 19.9 Å². The van der Waals surface area contributed by atoms with Gasteiger partial charge in [-0.25, -0.2) is 0 Å². The van der Waals surface area contributed by atoms with Gasteiger partial charge in [-0.1, -0.05) is 6.92 Å². The van der Waals surface area contributed by atoms with Crippen LogP contribution in [0, 0.1) is 11.3 Å². The lowest BCUT2D eigenvalue weighted by molar-refractivity contribution is 0.347. The molecule has 0 aromatic heterocycles. The minimum Gasteiger partial charge on any atom is -0.305 e. The number of nitriles is 1. The topological polar surface area (TPSA) is 39.1 Å². The highest BCUT2D eigenvalue weighted by atomic mass is 15.1. The second-order valence-electron chi connectivity index (χ2n) is 2.70. The number of nitrogens with one attached hydrogen (secondary N) is 1. The zero-order valence-corrected chi connectivity index (χ0v) is 7.59. The Hall–Kier alpha value is -0.590. The van der Waals surface area contributed by atoms with Crippen LogP contribution in [0.25, 0.3) is 0 Å². The summed E-state index contributed by atoms with van der Waals surface area (Å²) in [4.78, 5) is 2.21. The van der Waals surface area contributed by atoms with Crippen LogP contribution in [0.2, 0.25) is 0 Å². The Morgan fingerprint density at radius 3 is 2.73 bits per heavy atom. The highest BCUT2D eigenvalue weighted by molar-refractivity contribution is 4.85. The largest absolute Gasteiger partial charge is 0.305 e. The predicted octanol–water partition coefficient (Wildman–Crippen LogP) is 0.440. The van der Waals surface area contributed by atoms with E-state index in [-0.39, 0.29) is 6.04 Å². The van der Waals surface area contributed by atoms with Crippen molar-refractivity contribution < 1.29 is 0 Å². The summed E-state index contributed by atoms with van der Waals surface area (Å²) < 4.78 is 0. The molecule has 0 spiro atoms. The van der Waals surface area contributed by atoms with E-state index in [4.69, 9.17) is 5.26 Å². The SMILES string of the molecule is CCN(C)CCNC(C)C#N. The summed E-state index contributed by atoms with van der Waals surface area (Å²) in [5, 5.41) is 11.5. The molecule has 0 fully saturated rings. The zero-order chi connectivity index (χ0) is 8.69. The van der Waals surface area contributed by atoms with Gasteiger partial charge in [-0.15, -0.1) is 0 Å². The van der Waals surface area contributed by atoms with Gasteiger partial charge in [0.15, 0.2) is 0 Å². The van der Waals surface area contributed by atoms with Crippen LogP contribution >= 0.6 is 0 Å². The number of nitrogens with zero attached hydrogens (tertiary/aromatic N) is 2. The van der Waals surface area contributed by atoms with E-state index in [1.54, 1.807) is 0 Å². The number of hydrogen-bond donors (Lipinski definition) is 1. The van der Waals surface area contributed by atoms with E-state index in [1.165, 1.54) is 0 Å². The van der Waals surface area contributed by atoms with Crippen LogP contribution in [-0.2, 0) is 0 Å². The van der Waals surface area contributed by atoms with Crippen molar-refractivity contribution in [3.05, 3.63) is 0 Å². The molecule has 1 N–H and O–H groups in total. The number of rotatable bonds is 5. The number of hydrogen-bond acceptors (Lipinski definition) is 3. The van der Waals surface area contributed by atoms with Gasteiger partial charge in [-0.3, -0.25) is 0 Å². The smallest absolute Gasteiger partial charge is 0.0924 e. The molecule has 0 aliphatic heterocycles. The zero-order valence-electron chi connectivity index (χ0n) is 7.59. The van der Waals surface area contributed by atoms with E-state index < -0.39 is 0 Å². The lowest BCUT2D eigenvalue weighted by Gasteiger charge is -2.14. The van der Waals surface area contributed by atoms with Gasteiger partial charge >= 0.3 is 0 Å². The van der Waals surface area contributed by atoms with Crippen molar-refractivity contribution >= 4 is 0 Å². The summed E-state index contributed by atoms with van der Waals surface area (Å²) in [6.07, 6.45) is 0. The third-order valence-corrected chi connectivity index (χ3v) is 1.68. The summed E-state index contributed by atoms with van der Waals surface area (Å²) in [6, 6.07) is 2.10. The fourth-order valence-electron chi connectivity index (χ4n) is 0.676. The molecule has 11 heavy (non-hydrogen) atoms. The third-order valence-electron chi connectivity index (χ3n) is 1.68. The molecule has 0 aliphatic carbocycles. The molecule has 0 aliphatic rings. The monoisotopic (exact) mass is 155 g/mol. The summed E-state index contributed by atoms with van der Waals surface area (Å²) in [5.74, 6) is 0. The number of likely N-dealkylation sites (N-methyl/N-ethyl adjacent to an activating group) is 1. The van der Waals surface area contributed by atoms with E-state index in [0.717, 1.165) is 19.6 Å². The molecule has 0 heterocycles. The fraction of sp³-hybridized carbons (Fsp3) is 0.875. The lowest BCUT2D eigenvalue weighted by atomic mass is 10.4. The maximum atomic E-state index is 8.43. The van der Waals surface area contributed by atoms with Gasteiger partial charge in [-0.2, -0.15) is 5.26 Å². The first-order valence-corrected chi connectivity index (χ1v) is 4.02. The Labute approximate surface area is 69.0 Å². The first-order chi connectivity index (χ1) is 5.20. The van der Waals surface area contributed by atoms with Crippen molar-refractivity contribution in [2.75, 3.05) is 26.7 Å². The minimum absolute atomic E-state index is 0.0275. The molecule has 1 atom stereocenters. The van der Waals surface area contributed by atoms with E-state index in [0.29, 0.717) is 0 Å². The molecule has 0 saturated carbocycles. The van der Waals surface area contributed by atoms with Gasteiger partial charge in [0, 0.05) is 13.1 Å². The van der Waals surface area contributed by atoms with Crippen LogP contribution in [0.5, 0.6) is 0 Å². The Balaban J connectivity index is 3.21. The summed E-state index contributed by atoms with van der Waals surface area (Å²) in [6.45, 7) is 6.93. The molecule has 0 bridgehead atoms. The van der Waals surface area contributed by atoms with E-state index in [9.17, 15) is 0 Å². The van der Waals surface area contributed by atoms with Crippen molar-refractivity contribution in [3.8, 4) is 6.07 Å². The Bertz CT molecular complexity index is 128. The van der Waals surface area contributed by atoms with Gasteiger partial charge in [0.05, 0.1) is 12.1 Å². The van der Waals surface area contributed by atoms with E-state index in [2.05, 4.69) is 30.3 Å². The first kappa shape index (κ1) is 10.4. The molecule has 0 amide bonds. The van der Waals surface area contributed by atoms with Crippen LogP contribution in [0.3, 0.4) is 0 Å². The quantitative estimate of drug-likeness (QED) is 0.626. The van der Waals surface area contributed by atoms with Crippen LogP contribution in [0.1, 0.15) is 13.8 Å². The Morgan fingerprint density at radius 2 is 2.27 bits per heavy atom. The van der Waals surface area contributed by atoms with Crippen LogP contribution in [0.15, 0.2) is 0 Å². The average molecular weight is 155 g/mol. The molecular formula is C8H17N3. The van der Waals surface area contributed by atoms with Gasteiger partial charge in [0.1, 0.15) is 0 Å². The van der Waals surface area contributed by atoms with Crippen LogP contribution in [0.4, 0.5) is 0 Å². The second-order valence-corrected chi connectivity index (χ2v) is 2.70. The molecule has 0 saturated heterocycles. The van der Waals surface area contributed by atoms with Crippen molar-refractivity contribution in [2.24, 2.45) is 0 Å². The molecular weight excluding hydrogens is 138 g/mol. The van der Waals surface area contributed by atoms with E-state index in [1.807, 2.05) is 6.92 Å². The van der Waals surface area contributed by atoms with Crippen molar-refractivity contribution in [3.63, 3.8) is 0 Å². The maximum Gasteiger partial charge on any atom is 0.0924 e. The highest BCUT2D eigenvalue weighted by Gasteiger charge is 1.97. The average Bonchev–Trinajstić information content (AvgIpc) is 2.04. The predicted molar refractivity (Wildman–Crippen MR) is 46.2 cm³/mol. The summed E-state index contributed by atoms with van der Waals surface area (Å²) in [7, 11) is 2.07. The lowest BCUT2D eigenvalue weighted by Crippen LogP contribution is -2.33. The van der Waals surface area contributed by atoms with Gasteiger partial charge in [-0.05, 0) is 20.5 Å². The molecule has 0 radical (unpaired) electrons. The molecule has 1 unspecified atom stereocenters. The summed E-state index contributed by atoms with van der Waals surface area (Å²) >= 11 is 0. The third kappa shape index (κ3) is 5.84. The molecule has 0 aromatic rings. The second kappa shape index (κ2) is 6.14. The van der Waals surface area contributed by atoms with Gasteiger partial charge < -0.3 is 10.2 Å². The van der Waals surface area contributed by atoms with Gasteiger partial charge in [0.25, 0.3) is 0 Å². The molecule has 64 valence electrons. The normalized spacial score (nSPS) is 13.0. The van der Waals surface area contributed by atoms with Crippen molar-refractivity contribution in [1.29, 1.82) is 5.26 Å². The molecule has 3 nitrogen and oxygen atoms in total. The van der Waals surface area contributed by atoms with E-state index >= 15 is 0 Å². The van der Waals surface area contributed by atoms with Crippen molar-refractivity contribution in [1.82, 2.24) is 10.2 Å². The van der Waals surface area contributed by atoms with Crippen LogP contribution < -0.4 is 5.32 Å². The standard InChI is InChI=1S/C8H17N3/c1-4-11(3)6-5-10-8(2)7-9/h8,10H,4-6H2,1-3H3. The molecule has 0 rings (SSSR count).